The average molecular weight is 294 g/mol. The summed E-state index contributed by atoms with van der Waals surface area (Å²) in [6, 6.07) is 7.35. The molecule has 0 spiro atoms. The Morgan fingerprint density at radius 2 is 1.95 bits per heavy atom. The molecule has 1 aromatic carbocycles. The number of carbonyl (C=O) groups excluding carboxylic acids is 1. The number of carbonyl (C=O) groups is 1. The zero-order valence-corrected chi connectivity index (χ0v) is 12.8. The number of aliphatic imine (C=N–C) groups is 1. The van der Waals surface area contributed by atoms with Crippen LogP contribution >= 0.6 is 11.6 Å². The minimum Gasteiger partial charge on any atom is -0.338 e. The Labute approximate surface area is 124 Å². The average Bonchev–Trinajstić information content (AvgIpc) is 2.75. The summed E-state index contributed by atoms with van der Waals surface area (Å²) >= 11 is 5.91. The molecule has 1 atom stereocenters. The van der Waals surface area contributed by atoms with E-state index in [9.17, 15) is 4.79 Å². The Balaban J connectivity index is 2.29. The fraction of sp³-hybridized carbons (Fsp3) is 0.467. The lowest BCUT2D eigenvalue weighted by Crippen LogP contribution is -2.43. The van der Waals surface area contributed by atoms with Crippen LogP contribution in [0.5, 0.6) is 0 Å². The summed E-state index contributed by atoms with van der Waals surface area (Å²) in [6.45, 7) is 6.84. The van der Waals surface area contributed by atoms with Gasteiger partial charge in [-0.3, -0.25) is 15.1 Å². The fourth-order valence-electron chi connectivity index (χ4n) is 2.25. The van der Waals surface area contributed by atoms with Crippen LogP contribution in [-0.4, -0.2) is 18.4 Å². The van der Waals surface area contributed by atoms with Crippen LogP contribution in [0.4, 0.5) is 0 Å². The molecule has 5 heteroatoms. The Bertz CT molecular complexity index is 524. The van der Waals surface area contributed by atoms with Crippen LogP contribution in [0, 0.1) is 5.92 Å². The van der Waals surface area contributed by atoms with Gasteiger partial charge in [-0.1, -0.05) is 44.5 Å². The van der Waals surface area contributed by atoms with Crippen molar-refractivity contribution in [2.75, 3.05) is 6.54 Å². The summed E-state index contributed by atoms with van der Waals surface area (Å²) in [5.41, 5.74) is 0.150. The first-order valence-corrected chi connectivity index (χ1v) is 7.26. The van der Waals surface area contributed by atoms with Crippen molar-refractivity contribution in [3.63, 3.8) is 0 Å². The number of guanidine groups is 1. The third kappa shape index (κ3) is 2.80. The maximum atomic E-state index is 12.4. The monoisotopic (exact) mass is 293 g/mol. The van der Waals surface area contributed by atoms with Crippen LogP contribution in [0.25, 0.3) is 0 Å². The molecule has 1 unspecified atom stereocenters. The molecule has 108 valence electrons. The van der Waals surface area contributed by atoms with Gasteiger partial charge in [0.1, 0.15) is 5.54 Å². The van der Waals surface area contributed by atoms with E-state index in [0.717, 1.165) is 5.56 Å². The Morgan fingerprint density at radius 3 is 2.50 bits per heavy atom. The van der Waals surface area contributed by atoms with Crippen molar-refractivity contribution in [2.45, 2.75) is 32.7 Å². The summed E-state index contributed by atoms with van der Waals surface area (Å²) in [7, 11) is 0. The van der Waals surface area contributed by atoms with Gasteiger partial charge in [0.2, 0.25) is 0 Å². The molecule has 1 aliphatic rings. The molecule has 0 saturated carbocycles. The lowest BCUT2D eigenvalue weighted by atomic mass is 9.87. The molecule has 0 radical (unpaired) electrons. The summed E-state index contributed by atoms with van der Waals surface area (Å²) in [5, 5.41) is 6.73. The highest BCUT2D eigenvalue weighted by atomic mass is 35.5. The normalized spacial score (nSPS) is 24.1. The quantitative estimate of drug-likeness (QED) is 0.897. The van der Waals surface area contributed by atoms with E-state index < -0.39 is 5.54 Å². The van der Waals surface area contributed by atoms with Gasteiger partial charge in [-0.25, -0.2) is 0 Å². The third-order valence-electron chi connectivity index (χ3n) is 3.43. The summed E-state index contributed by atoms with van der Waals surface area (Å²) in [6.07, 6.45) is 0.640. The first-order valence-electron chi connectivity index (χ1n) is 6.88. The maximum absolute atomic E-state index is 12.4. The molecule has 1 amide bonds. The molecular weight excluding hydrogens is 274 g/mol. The molecule has 0 bridgehead atoms. The van der Waals surface area contributed by atoms with Gasteiger partial charge >= 0.3 is 0 Å². The smallest absolute Gasteiger partial charge is 0.257 e. The van der Waals surface area contributed by atoms with Gasteiger partial charge in [-0.15, -0.1) is 0 Å². The molecule has 4 nitrogen and oxygen atoms in total. The summed E-state index contributed by atoms with van der Waals surface area (Å²) in [5.74, 6) is 0.943. The van der Waals surface area contributed by atoms with Gasteiger partial charge in [0.25, 0.3) is 5.91 Å². The van der Waals surface area contributed by atoms with Gasteiger partial charge in [0, 0.05) is 11.6 Å². The van der Waals surface area contributed by atoms with Gasteiger partial charge < -0.3 is 5.32 Å². The number of amides is 1. The summed E-state index contributed by atoms with van der Waals surface area (Å²) in [4.78, 5) is 16.8. The Kier molecular flexibility index (Phi) is 4.33. The molecule has 2 N–H and O–H groups in total. The van der Waals surface area contributed by atoms with E-state index in [1.54, 1.807) is 12.1 Å². The standard InChI is InChI=1S/C15H20ClN3O/c1-4-15(11-5-7-12(16)8-6-11)13(20)18-14(19-15)17-9-10(2)3/h5-8,10H,4,9H2,1-3H3,(H2,17,18,19,20). The molecule has 1 fully saturated rings. The number of benzene rings is 1. The molecule has 0 aliphatic carbocycles. The van der Waals surface area contributed by atoms with E-state index in [1.165, 1.54) is 0 Å². The molecule has 1 heterocycles. The van der Waals surface area contributed by atoms with Crippen molar-refractivity contribution in [1.29, 1.82) is 0 Å². The highest BCUT2D eigenvalue weighted by Crippen LogP contribution is 2.29. The molecular formula is C15H20ClN3O. The number of hydrogen-bond acceptors (Lipinski definition) is 2. The van der Waals surface area contributed by atoms with Gasteiger partial charge in [0.05, 0.1) is 0 Å². The third-order valence-corrected chi connectivity index (χ3v) is 3.69. The van der Waals surface area contributed by atoms with Gasteiger partial charge in [-0.05, 0) is 30.0 Å². The predicted molar refractivity (Wildman–Crippen MR) is 81.8 cm³/mol. The number of halogens is 1. The van der Waals surface area contributed by atoms with Crippen LogP contribution in [0.15, 0.2) is 29.3 Å². The number of rotatable bonds is 4. The topological polar surface area (TPSA) is 53.5 Å². The number of hydrogen-bond donors (Lipinski definition) is 2. The van der Waals surface area contributed by atoms with Gasteiger partial charge in [0.15, 0.2) is 5.96 Å². The van der Waals surface area contributed by atoms with E-state index in [2.05, 4.69) is 29.5 Å². The van der Waals surface area contributed by atoms with E-state index in [-0.39, 0.29) is 5.91 Å². The van der Waals surface area contributed by atoms with E-state index in [4.69, 9.17) is 11.6 Å². The van der Waals surface area contributed by atoms with E-state index in [1.807, 2.05) is 19.1 Å². The highest BCUT2D eigenvalue weighted by Gasteiger charge is 2.45. The van der Waals surface area contributed by atoms with E-state index in [0.29, 0.717) is 29.9 Å². The van der Waals surface area contributed by atoms with Crippen LogP contribution in [0.3, 0.4) is 0 Å². The second-order valence-corrected chi connectivity index (χ2v) is 5.86. The largest absolute Gasteiger partial charge is 0.338 e. The summed E-state index contributed by atoms with van der Waals surface area (Å²) < 4.78 is 0. The Hall–Kier alpha value is -1.55. The Morgan fingerprint density at radius 1 is 1.30 bits per heavy atom. The van der Waals surface area contributed by atoms with Crippen molar-refractivity contribution in [3.05, 3.63) is 34.9 Å². The highest BCUT2D eigenvalue weighted by molar-refractivity contribution is 6.30. The molecule has 1 saturated heterocycles. The molecule has 0 aromatic heterocycles. The molecule has 1 aliphatic heterocycles. The minimum absolute atomic E-state index is 0.0650. The molecule has 1 aromatic rings. The first kappa shape index (κ1) is 14.9. The lowest BCUT2D eigenvalue weighted by molar-refractivity contribution is -0.124. The van der Waals surface area contributed by atoms with Crippen LogP contribution in [0.2, 0.25) is 5.02 Å². The fourth-order valence-corrected chi connectivity index (χ4v) is 2.37. The molecule has 20 heavy (non-hydrogen) atoms. The van der Waals surface area contributed by atoms with Crippen molar-refractivity contribution in [2.24, 2.45) is 10.9 Å². The van der Waals surface area contributed by atoms with Gasteiger partial charge in [-0.2, -0.15) is 0 Å². The van der Waals surface area contributed by atoms with Crippen molar-refractivity contribution in [3.8, 4) is 0 Å². The number of nitrogens with one attached hydrogen (secondary N) is 2. The van der Waals surface area contributed by atoms with Crippen molar-refractivity contribution >= 4 is 23.5 Å². The predicted octanol–water partition coefficient (Wildman–Crippen LogP) is 2.68. The minimum atomic E-state index is -0.750. The molecule has 2 rings (SSSR count). The van der Waals surface area contributed by atoms with Crippen LogP contribution in [-0.2, 0) is 10.3 Å². The second-order valence-electron chi connectivity index (χ2n) is 5.43. The lowest BCUT2D eigenvalue weighted by Gasteiger charge is -2.25. The van der Waals surface area contributed by atoms with Crippen LogP contribution < -0.4 is 10.6 Å². The maximum Gasteiger partial charge on any atom is 0.257 e. The second kappa shape index (κ2) is 5.83. The van der Waals surface area contributed by atoms with Crippen molar-refractivity contribution < 1.29 is 4.79 Å². The number of nitrogens with zero attached hydrogens (tertiary/aromatic N) is 1. The zero-order chi connectivity index (χ0) is 14.8. The first-order chi connectivity index (χ1) is 9.48. The SMILES string of the molecule is CCC1(c2ccc(Cl)cc2)NC(=NCC(C)C)NC1=O. The van der Waals surface area contributed by atoms with Crippen molar-refractivity contribution in [1.82, 2.24) is 10.6 Å². The zero-order valence-electron chi connectivity index (χ0n) is 12.0. The van der Waals surface area contributed by atoms with Crippen LogP contribution in [0.1, 0.15) is 32.8 Å². The van der Waals surface area contributed by atoms with E-state index >= 15 is 0 Å².